The van der Waals surface area contributed by atoms with E-state index in [9.17, 15) is 4.79 Å². The number of hydrogen-bond acceptors (Lipinski definition) is 3. The number of methoxy groups -OCH3 is 1. The van der Waals surface area contributed by atoms with Gasteiger partial charge < -0.3 is 15.2 Å². The number of ether oxygens (including phenoxy) is 1. The van der Waals surface area contributed by atoms with Gasteiger partial charge in [-0.2, -0.15) is 0 Å². The van der Waals surface area contributed by atoms with E-state index in [1.165, 1.54) is 5.56 Å². The molecular weight excluding hydrogens is 266 g/mol. The highest BCUT2D eigenvalue weighted by molar-refractivity contribution is 5.87. The average molecular weight is 285 g/mol. The van der Waals surface area contributed by atoms with Crippen LogP contribution >= 0.6 is 0 Å². The zero-order valence-corrected chi connectivity index (χ0v) is 12.0. The number of carbonyl (C=O) groups is 1. The van der Waals surface area contributed by atoms with Gasteiger partial charge >= 0.3 is 5.97 Å². The second-order valence-electron chi connectivity index (χ2n) is 4.86. The molecule has 0 amide bonds. The highest BCUT2D eigenvalue weighted by Gasteiger charge is 2.01. The molecule has 0 bridgehead atoms. The van der Waals surface area contributed by atoms with E-state index < -0.39 is 5.97 Å². The van der Waals surface area contributed by atoms with Crippen molar-refractivity contribution in [3.05, 3.63) is 70.8 Å². The Hall–Kier alpha value is -2.17. The molecule has 2 rings (SSSR count). The Morgan fingerprint density at radius 3 is 2.38 bits per heavy atom. The van der Waals surface area contributed by atoms with Gasteiger partial charge in [-0.1, -0.05) is 36.4 Å². The minimum absolute atomic E-state index is 0.311. The van der Waals surface area contributed by atoms with Gasteiger partial charge in [-0.25, -0.2) is 4.79 Å². The molecule has 0 aliphatic rings. The van der Waals surface area contributed by atoms with Crippen molar-refractivity contribution in [2.45, 2.75) is 19.7 Å². The fourth-order valence-corrected chi connectivity index (χ4v) is 2.11. The van der Waals surface area contributed by atoms with E-state index >= 15 is 0 Å². The molecule has 0 atom stereocenters. The van der Waals surface area contributed by atoms with Crippen LogP contribution in [0, 0.1) is 0 Å². The third-order valence-electron chi connectivity index (χ3n) is 3.16. The average Bonchev–Trinajstić information content (AvgIpc) is 2.48. The first kappa shape index (κ1) is 15.2. The van der Waals surface area contributed by atoms with Crippen molar-refractivity contribution in [2.75, 3.05) is 7.11 Å². The number of aromatic carboxylic acids is 1. The van der Waals surface area contributed by atoms with Crippen molar-refractivity contribution in [3.8, 4) is 0 Å². The zero-order chi connectivity index (χ0) is 15.1. The van der Waals surface area contributed by atoms with E-state index in [-0.39, 0.29) is 0 Å². The van der Waals surface area contributed by atoms with Gasteiger partial charge in [0.1, 0.15) is 0 Å². The second-order valence-corrected chi connectivity index (χ2v) is 4.86. The van der Waals surface area contributed by atoms with E-state index in [2.05, 4.69) is 17.4 Å². The molecule has 110 valence electrons. The zero-order valence-electron chi connectivity index (χ0n) is 12.0. The van der Waals surface area contributed by atoms with Crippen LogP contribution in [0.5, 0.6) is 0 Å². The van der Waals surface area contributed by atoms with Crippen molar-refractivity contribution in [3.63, 3.8) is 0 Å². The van der Waals surface area contributed by atoms with Crippen LogP contribution in [0.3, 0.4) is 0 Å². The summed E-state index contributed by atoms with van der Waals surface area (Å²) in [5.74, 6) is -0.899. The van der Waals surface area contributed by atoms with Crippen molar-refractivity contribution >= 4 is 5.97 Å². The number of benzene rings is 2. The summed E-state index contributed by atoms with van der Waals surface area (Å²) in [5.41, 5.74) is 3.73. The smallest absolute Gasteiger partial charge is 0.335 e. The Labute approximate surface area is 124 Å². The maximum absolute atomic E-state index is 10.8. The lowest BCUT2D eigenvalue weighted by Crippen LogP contribution is -2.13. The first-order valence-electron chi connectivity index (χ1n) is 6.79. The number of rotatable bonds is 7. The van der Waals surface area contributed by atoms with Crippen LogP contribution in [-0.2, 0) is 24.4 Å². The third kappa shape index (κ3) is 4.70. The summed E-state index contributed by atoms with van der Waals surface area (Å²) < 4.78 is 5.12. The van der Waals surface area contributed by atoms with Gasteiger partial charge in [0.05, 0.1) is 12.2 Å². The molecule has 0 unspecified atom stereocenters. The highest BCUT2D eigenvalue weighted by Crippen LogP contribution is 2.08. The normalized spacial score (nSPS) is 10.5. The van der Waals surface area contributed by atoms with Gasteiger partial charge in [0.15, 0.2) is 0 Å². The first-order chi connectivity index (χ1) is 10.2. The largest absolute Gasteiger partial charge is 0.478 e. The maximum Gasteiger partial charge on any atom is 0.335 e. The van der Waals surface area contributed by atoms with Crippen LogP contribution in [0.15, 0.2) is 48.5 Å². The summed E-state index contributed by atoms with van der Waals surface area (Å²) >= 11 is 0. The number of hydrogen-bond donors (Lipinski definition) is 2. The van der Waals surface area contributed by atoms with Gasteiger partial charge in [-0.3, -0.25) is 0 Å². The van der Waals surface area contributed by atoms with E-state index in [0.717, 1.165) is 17.7 Å². The fourth-order valence-electron chi connectivity index (χ4n) is 2.11. The molecule has 0 aromatic heterocycles. The lowest BCUT2D eigenvalue weighted by atomic mass is 10.1. The Kier molecular flexibility index (Phi) is 5.49. The van der Waals surface area contributed by atoms with Crippen LogP contribution in [0.4, 0.5) is 0 Å². The molecular formula is C17H19NO3. The Bertz CT molecular complexity index is 593. The Morgan fingerprint density at radius 1 is 1.05 bits per heavy atom. The van der Waals surface area contributed by atoms with Gasteiger partial charge in [-0.15, -0.1) is 0 Å². The van der Waals surface area contributed by atoms with Crippen molar-refractivity contribution in [1.29, 1.82) is 0 Å². The standard InChI is InChI=1S/C17H19NO3/c1-21-12-15-4-2-3-14(9-15)11-18-10-13-5-7-16(8-6-13)17(19)20/h2-9,18H,10-12H2,1H3,(H,19,20). The van der Waals surface area contributed by atoms with E-state index in [1.807, 2.05) is 24.3 Å². The molecule has 0 radical (unpaired) electrons. The summed E-state index contributed by atoms with van der Waals surface area (Å²) in [6.45, 7) is 2.08. The summed E-state index contributed by atoms with van der Waals surface area (Å²) in [5, 5.41) is 12.2. The van der Waals surface area contributed by atoms with Gasteiger partial charge in [0, 0.05) is 20.2 Å². The molecule has 0 saturated carbocycles. The maximum atomic E-state index is 10.8. The Balaban J connectivity index is 1.86. The molecule has 0 heterocycles. The monoisotopic (exact) mass is 285 g/mol. The third-order valence-corrected chi connectivity index (χ3v) is 3.16. The quantitative estimate of drug-likeness (QED) is 0.821. The molecule has 2 aromatic rings. The van der Waals surface area contributed by atoms with Crippen LogP contribution < -0.4 is 5.32 Å². The predicted molar refractivity (Wildman–Crippen MR) is 81.1 cm³/mol. The van der Waals surface area contributed by atoms with Crippen LogP contribution in [0.1, 0.15) is 27.0 Å². The molecule has 4 heteroatoms. The molecule has 0 fully saturated rings. The number of carboxylic acids is 1. The summed E-state index contributed by atoms with van der Waals surface area (Å²) in [4.78, 5) is 10.8. The van der Waals surface area contributed by atoms with Gasteiger partial charge in [0.2, 0.25) is 0 Å². The molecule has 0 spiro atoms. The molecule has 21 heavy (non-hydrogen) atoms. The van der Waals surface area contributed by atoms with Crippen molar-refractivity contribution < 1.29 is 14.6 Å². The highest BCUT2D eigenvalue weighted by atomic mass is 16.5. The molecule has 2 N–H and O–H groups in total. The van der Waals surface area contributed by atoms with Gasteiger partial charge in [0.25, 0.3) is 0 Å². The molecule has 0 aliphatic heterocycles. The predicted octanol–water partition coefficient (Wildman–Crippen LogP) is 2.82. The summed E-state index contributed by atoms with van der Waals surface area (Å²) in [6.07, 6.45) is 0. The van der Waals surface area contributed by atoms with Crippen LogP contribution in [0.25, 0.3) is 0 Å². The Morgan fingerprint density at radius 2 is 1.71 bits per heavy atom. The van der Waals surface area contributed by atoms with E-state index in [1.54, 1.807) is 19.2 Å². The van der Waals surface area contributed by atoms with E-state index in [4.69, 9.17) is 9.84 Å². The fraction of sp³-hybridized carbons (Fsp3) is 0.235. The number of carboxylic acid groups (broad SMARTS) is 1. The second kappa shape index (κ2) is 7.57. The number of nitrogens with one attached hydrogen (secondary N) is 1. The summed E-state index contributed by atoms with van der Waals surface area (Å²) in [6, 6.07) is 15.2. The summed E-state index contributed by atoms with van der Waals surface area (Å²) in [7, 11) is 1.69. The molecule has 2 aromatic carbocycles. The van der Waals surface area contributed by atoms with Crippen LogP contribution in [0.2, 0.25) is 0 Å². The lowest BCUT2D eigenvalue weighted by molar-refractivity contribution is 0.0697. The van der Waals surface area contributed by atoms with E-state index in [0.29, 0.717) is 18.7 Å². The topological polar surface area (TPSA) is 58.6 Å². The van der Waals surface area contributed by atoms with Crippen molar-refractivity contribution in [2.24, 2.45) is 0 Å². The van der Waals surface area contributed by atoms with Gasteiger partial charge in [-0.05, 0) is 28.8 Å². The van der Waals surface area contributed by atoms with Crippen molar-refractivity contribution in [1.82, 2.24) is 5.32 Å². The minimum atomic E-state index is -0.899. The first-order valence-corrected chi connectivity index (χ1v) is 6.79. The molecule has 0 saturated heterocycles. The van der Waals surface area contributed by atoms with Crippen LogP contribution in [-0.4, -0.2) is 18.2 Å². The SMILES string of the molecule is COCc1cccc(CNCc2ccc(C(=O)O)cc2)c1. The molecule has 4 nitrogen and oxygen atoms in total. The lowest BCUT2D eigenvalue weighted by Gasteiger charge is -2.07. The molecule has 0 aliphatic carbocycles. The minimum Gasteiger partial charge on any atom is -0.478 e.